The monoisotopic (exact) mass is 285 g/mol. The smallest absolute Gasteiger partial charge is 0.234 e. The van der Waals surface area contributed by atoms with Gasteiger partial charge in [-0.1, -0.05) is 37.6 Å². The Hall–Kier alpha value is -1.94. The van der Waals surface area contributed by atoms with Gasteiger partial charge in [0.2, 0.25) is 5.91 Å². The second-order valence-electron chi connectivity index (χ2n) is 5.35. The molecule has 0 fully saturated rings. The third-order valence-electron chi connectivity index (χ3n) is 3.45. The number of nitrogens with one attached hydrogen (secondary N) is 2. The summed E-state index contributed by atoms with van der Waals surface area (Å²) >= 11 is 0. The number of hydrogen-bond acceptors (Lipinski definition) is 3. The van der Waals surface area contributed by atoms with Crippen LogP contribution in [-0.2, 0) is 11.3 Å². The fourth-order valence-electron chi connectivity index (χ4n) is 2.45. The van der Waals surface area contributed by atoms with Crippen molar-refractivity contribution >= 4 is 16.8 Å². The number of pyridine rings is 1. The van der Waals surface area contributed by atoms with Gasteiger partial charge in [-0.25, -0.2) is 0 Å². The lowest BCUT2D eigenvalue weighted by atomic mass is 10.1. The molecule has 2 rings (SSSR count). The minimum Gasteiger partial charge on any atom is -0.353 e. The van der Waals surface area contributed by atoms with E-state index in [1.54, 1.807) is 6.20 Å². The van der Waals surface area contributed by atoms with Crippen LogP contribution in [0, 0.1) is 0 Å². The van der Waals surface area contributed by atoms with Gasteiger partial charge in [0, 0.05) is 24.2 Å². The van der Waals surface area contributed by atoms with Gasteiger partial charge in [0.25, 0.3) is 0 Å². The number of carbonyl (C=O) groups excluding carboxylic acids is 1. The highest BCUT2D eigenvalue weighted by Crippen LogP contribution is 2.15. The van der Waals surface area contributed by atoms with E-state index in [0.29, 0.717) is 13.1 Å². The Morgan fingerprint density at radius 1 is 1.29 bits per heavy atom. The first-order chi connectivity index (χ1) is 10.2. The highest BCUT2D eigenvalue weighted by molar-refractivity contribution is 5.81. The maximum Gasteiger partial charge on any atom is 0.234 e. The van der Waals surface area contributed by atoms with E-state index in [-0.39, 0.29) is 11.9 Å². The molecule has 0 aliphatic heterocycles. The highest BCUT2D eigenvalue weighted by atomic mass is 16.1. The number of para-hydroxylation sites is 1. The molecule has 1 aromatic heterocycles. The molecule has 4 heteroatoms. The predicted molar refractivity (Wildman–Crippen MR) is 86.0 cm³/mol. The molecule has 1 amide bonds. The van der Waals surface area contributed by atoms with Crippen molar-refractivity contribution in [2.24, 2.45) is 0 Å². The number of fused-ring (bicyclic) bond motifs is 1. The Morgan fingerprint density at radius 3 is 2.90 bits per heavy atom. The van der Waals surface area contributed by atoms with Crippen molar-refractivity contribution in [3.05, 3.63) is 42.1 Å². The van der Waals surface area contributed by atoms with Gasteiger partial charge in [0.15, 0.2) is 0 Å². The van der Waals surface area contributed by atoms with E-state index in [1.807, 2.05) is 37.3 Å². The summed E-state index contributed by atoms with van der Waals surface area (Å²) in [7, 11) is 0. The molecule has 0 radical (unpaired) electrons. The first-order valence-corrected chi connectivity index (χ1v) is 7.53. The number of nitrogens with zero attached hydrogens (tertiary/aromatic N) is 1. The van der Waals surface area contributed by atoms with E-state index < -0.39 is 0 Å². The number of hydrogen-bond donors (Lipinski definition) is 2. The number of rotatable bonds is 7. The first kappa shape index (κ1) is 15.4. The quantitative estimate of drug-likeness (QED) is 0.822. The van der Waals surface area contributed by atoms with Gasteiger partial charge in [0.1, 0.15) is 0 Å². The number of carbonyl (C=O) groups is 1. The molecule has 0 saturated heterocycles. The van der Waals surface area contributed by atoms with Gasteiger partial charge < -0.3 is 10.6 Å². The minimum atomic E-state index is 0.0455. The normalized spacial score (nSPS) is 12.3. The van der Waals surface area contributed by atoms with Crippen molar-refractivity contribution < 1.29 is 4.79 Å². The van der Waals surface area contributed by atoms with E-state index in [2.05, 4.69) is 22.5 Å². The van der Waals surface area contributed by atoms with Gasteiger partial charge in [-0.05, 0) is 25.0 Å². The average molecular weight is 285 g/mol. The Labute approximate surface area is 126 Å². The molecule has 21 heavy (non-hydrogen) atoms. The van der Waals surface area contributed by atoms with Crippen molar-refractivity contribution in [3.8, 4) is 0 Å². The second kappa shape index (κ2) is 7.74. The molecule has 1 aromatic carbocycles. The topological polar surface area (TPSA) is 54.0 Å². The third-order valence-corrected chi connectivity index (χ3v) is 3.45. The van der Waals surface area contributed by atoms with Crippen molar-refractivity contribution in [1.29, 1.82) is 0 Å². The standard InChI is InChI=1S/C17H23N3O/c1-3-6-13(2)20-16(21)12-18-11-15-8-4-7-14-9-5-10-19-17(14)15/h4-5,7-10,13,18H,3,6,11-12H2,1-2H3,(H,20,21). The van der Waals surface area contributed by atoms with E-state index in [4.69, 9.17) is 0 Å². The molecule has 0 spiro atoms. The molecule has 2 aromatic rings. The zero-order chi connectivity index (χ0) is 15.1. The molecule has 1 heterocycles. The fourth-order valence-corrected chi connectivity index (χ4v) is 2.45. The summed E-state index contributed by atoms with van der Waals surface area (Å²) in [6, 6.07) is 10.3. The molecule has 1 unspecified atom stereocenters. The van der Waals surface area contributed by atoms with E-state index in [0.717, 1.165) is 29.3 Å². The van der Waals surface area contributed by atoms with Crippen LogP contribution in [0.5, 0.6) is 0 Å². The summed E-state index contributed by atoms with van der Waals surface area (Å²) in [4.78, 5) is 16.2. The lowest BCUT2D eigenvalue weighted by Gasteiger charge is -2.13. The van der Waals surface area contributed by atoms with Crippen LogP contribution in [0.15, 0.2) is 36.5 Å². The molecular weight excluding hydrogens is 262 g/mol. The lowest BCUT2D eigenvalue weighted by molar-refractivity contribution is -0.120. The number of benzene rings is 1. The molecule has 1 atom stereocenters. The summed E-state index contributed by atoms with van der Waals surface area (Å²) in [6.45, 7) is 5.13. The fraction of sp³-hybridized carbons (Fsp3) is 0.412. The van der Waals surface area contributed by atoms with Crippen LogP contribution >= 0.6 is 0 Å². The summed E-state index contributed by atoms with van der Waals surface area (Å²) in [5.74, 6) is 0.0455. The van der Waals surface area contributed by atoms with Crippen molar-refractivity contribution in [1.82, 2.24) is 15.6 Å². The van der Waals surface area contributed by atoms with Crippen LogP contribution < -0.4 is 10.6 Å². The molecule has 0 aliphatic rings. The molecule has 0 aliphatic carbocycles. The van der Waals surface area contributed by atoms with Crippen LogP contribution in [-0.4, -0.2) is 23.5 Å². The highest BCUT2D eigenvalue weighted by Gasteiger charge is 2.06. The largest absolute Gasteiger partial charge is 0.353 e. The lowest BCUT2D eigenvalue weighted by Crippen LogP contribution is -2.38. The van der Waals surface area contributed by atoms with Gasteiger partial charge >= 0.3 is 0 Å². The van der Waals surface area contributed by atoms with Crippen LogP contribution in [0.3, 0.4) is 0 Å². The van der Waals surface area contributed by atoms with E-state index in [1.165, 1.54) is 0 Å². The first-order valence-electron chi connectivity index (χ1n) is 7.53. The van der Waals surface area contributed by atoms with E-state index >= 15 is 0 Å². The molecule has 0 saturated carbocycles. The molecule has 112 valence electrons. The second-order valence-corrected chi connectivity index (χ2v) is 5.35. The van der Waals surface area contributed by atoms with Gasteiger partial charge in [-0.3, -0.25) is 9.78 Å². The summed E-state index contributed by atoms with van der Waals surface area (Å²) in [5.41, 5.74) is 2.11. The Balaban J connectivity index is 1.86. The predicted octanol–water partition coefficient (Wildman–Crippen LogP) is 2.63. The molecule has 2 N–H and O–H groups in total. The summed E-state index contributed by atoms with van der Waals surface area (Å²) < 4.78 is 0. The van der Waals surface area contributed by atoms with Crippen molar-refractivity contribution in [3.63, 3.8) is 0 Å². The van der Waals surface area contributed by atoms with Crippen LogP contribution in [0.4, 0.5) is 0 Å². The van der Waals surface area contributed by atoms with Crippen molar-refractivity contribution in [2.75, 3.05) is 6.54 Å². The van der Waals surface area contributed by atoms with Crippen LogP contribution in [0.2, 0.25) is 0 Å². The van der Waals surface area contributed by atoms with Crippen LogP contribution in [0.25, 0.3) is 10.9 Å². The van der Waals surface area contributed by atoms with Crippen molar-refractivity contribution in [2.45, 2.75) is 39.3 Å². The zero-order valence-electron chi connectivity index (χ0n) is 12.7. The van der Waals surface area contributed by atoms with Crippen LogP contribution in [0.1, 0.15) is 32.3 Å². The Morgan fingerprint density at radius 2 is 2.10 bits per heavy atom. The number of amides is 1. The Kier molecular flexibility index (Phi) is 5.69. The zero-order valence-corrected chi connectivity index (χ0v) is 12.7. The number of aromatic nitrogens is 1. The summed E-state index contributed by atoms with van der Waals surface area (Å²) in [6.07, 6.45) is 3.89. The third kappa shape index (κ3) is 4.53. The van der Waals surface area contributed by atoms with Gasteiger partial charge in [-0.15, -0.1) is 0 Å². The maximum atomic E-state index is 11.8. The summed E-state index contributed by atoms with van der Waals surface area (Å²) in [5, 5.41) is 7.30. The SMILES string of the molecule is CCCC(C)NC(=O)CNCc1cccc2cccnc12. The Bertz CT molecular complexity index is 592. The van der Waals surface area contributed by atoms with E-state index in [9.17, 15) is 4.79 Å². The average Bonchev–Trinajstić information content (AvgIpc) is 2.47. The molecular formula is C17H23N3O. The van der Waals surface area contributed by atoms with Gasteiger partial charge in [-0.2, -0.15) is 0 Å². The minimum absolute atomic E-state index is 0.0455. The molecule has 0 bridgehead atoms. The molecule has 4 nitrogen and oxygen atoms in total. The maximum absolute atomic E-state index is 11.8. The van der Waals surface area contributed by atoms with Gasteiger partial charge in [0.05, 0.1) is 12.1 Å².